The van der Waals surface area contributed by atoms with E-state index in [-0.39, 0.29) is 34.4 Å². The van der Waals surface area contributed by atoms with E-state index in [0.717, 1.165) is 35.4 Å². The standard InChI is InChI=1S/C29H24F6N2O2/c1-17-3-8-22(39-26-12-7-20(37)16-24(26)29(33,34)35)13-14-27(17,2)18-4-9-21(10-5-18)38-25-11-6-19(36)15-23(25)28(30,31)32/h3-16H,36-37H2,1-2H3. The van der Waals surface area contributed by atoms with E-state index in [1.54, 1.807) is 36.4 Å². The number of anilines is 2. The highest BCUT2D eigenvalue weighted by Gasteiger charge is 2.36. The van der Waals surface area contributed by atoms with Gasteiger partial charge >= 0.3 is 12.4 Å². The molecule has 0 saturated heterocycles. The minimum atomic E-state index is -4.66. The number of rotatable bonds is 5. The fourth-order valence-electron chi connectivity index (χ4n) is 4.05. The molecule has 1 unspecified atom stereocenters. The van der Waals surface area contributed by atoms with Crippen molar-refractivity contribution < 1.29 is 35.8 Å². The van der Waals surface area contributed by atoms with Crippen molar-refractivity contribution in [2.75, 3.05) is 11.5 Å². The first-order valence-electron chi connectivity index (χ1n) is 11.6. The number of benzene rings is 3. The highest BCUT2D eigenvalue weighted by molar-refractivity contribution is 5.53. The van der Waals surface area contributed by atoms with Crippen LogP contribution in [0.3, 0.4) is 0 Å². The smallest absolute Gasteiger partial charge is 0.420 e. The minimum Gasteiger partial charge on any atom is -0.457 e. The number of ether oxygens (including phenoxy) is 2. The Bertz CT molecular complexity index is 1470. The molecule has 10 heteroatoms. The zero-order valence-electron chi connectivity index (χ0n) is 20.8. The van der Waals surface area contributed by atoms with E-state index in [1.807, 2.05) is 13.8 Å². The van der Waals surface area contributed by atoms with Crippen LogP contribution in [-0.2, 0) is 17.8 Å². The van der Waals surface area contributed by atoms with Gasteiger partial charge in [0.05, 0.1) is 0 Å². The van der Waals surface area contributed by atoms with Gasteiger partial charge in [0.2, 0.25) is 0 Å². The van der Waals surface area contributed by atoms with Gasteiger partial charge in [0.1, 0.15) is 34.1 Å². The molecule has 0 heterocycles. The lowest BCUT2D eigenvalue weighted by atomic mass is 9.76. The first-order chi connectivity index (χ1) is 18.2. The number of hydrogen-bond acceptors (Lipinski definition) is 4. The zero-order valence-corrected chi connectivity index (χ0v) is 20.8. The van der Waals surface area contributed by atoms with Gasteiger partial charge in [-0.2, -0.15) is 26.3 Å². The summed E-state index contributed by atoms with van der Waals surface area (Å²) in [5.41, 5.74) is 9.89. The van der Waals surface area contributed by atoms with Crippen molar-refractivity contribution >= 4 is 11.4 Å². The SMILES string of the molecule is CC1=CC=C(Oc2ccc(N)cc2C(F)(F)F)C=CC1(C)c1ccc(Oc2ccc(N)cc2C(F)(F)F)cc1. The topological polar surface area (TPSA) is 70.5 Å². The van der Waals surface area contributed by atoms with Gasteiger partial charge in [-0.05, 0) is 80.1 Å². The van der Waals surface area contributed by atoms with Gasteiger partial charge in [0.25, 0.3) is 0 Å². The predicted molar refractivity (Wildman–Crippen MR) is 137 cm³/mol. The Labute approximate surface area is 220 Å². The van der Waals surface area contributed by atoms with Crippen LogP contribution in [-0.4, -0.2) is 0 Å². The lowest BCUT2D eigenvalue weighted by Gasteiger charge is -2.28. The average Bonchev–Trinajstić information content (AvgIpc) is 3.00. The molecular weight excluding hydrogens is 522 g/mol. The van der Waals surface area contributed by atoms with Crippen molar-refractivity contribution in [2.45, 2.75) is 31.6 Å². The Hall–Kier alpha value is -4.34. The van der Waals surface area contributed by atoms with E-state index in [1.165, 1.54) is 24.3 Å². The summed E-state index contributed by atoms with van der Waals surface area (Å²) in [6.45, 7) is 3.75. The quantitative estimate of drug-likeness (QED) is 0.249. The van der Waals surface area contributed by atoms with Gasteiger partial charge in [-0.3, -0.25) is 0 Å². The van der Waals surface area contributed by atoms with Crippen LogP contribution in [0.1, 0.15) is 30.5 Å². The second kappa shape index (κ2) is 10.1. The summed E-state index contributed by atoms with van der Waals surface area (Å²) in [5.74, 6) is -0.406. The maximum atomic E-state index is 13.5. The molecular formula is C29H24F6N2O2. The van der Waals surface area contributed by atoms with Crippen LogP contribution in [0, 0.1) is 0 Å². The first-order valence-corrected chi connectivity index (χ1v) is 11.6. The van der Waals surface area contributed by atoms with E-state index >= 15 is 0 Å². The van der Waals surface area contributed by atoms with Gasteiger partial charge in [-0.15, -0.1) is 0 Å². The number of halogens is 6. The summed E-state index contributed by atoms with van der Waals surface area (Å²) in [5, 5.41) is 0. The molecule has 0 fully saturated rings. The first kappa shape index (κ1) is 27.7. The third kappa shape index (κ3) is 6.05. The summed E-state index contributed by atoms with van der Waals surface area (Å²) in [6.07, 6.45) is -2.67. The molecule has 4 N–H and O–H groups in total. The fourth-order valence-corrected chi connectivity index (χ4v) is 4.05. The van der Waals surface area contributed by atoms with Crippen LogP contribution >= 0.6 is 0 Å². The molecule has 0 aromatic heterocycles. The molecule has 1 atom stereocenters. The van der Waals surface area contributed by atoms with Crippen LogP contribution in [0.5, 0.6) is 17.2 Å². The van der Waals surface area contributed by atoms with E-state index in [4.69, 9.17) is 20.9 Å². The molecule has 3 aromatic rings. The molecule has 0 amide bonds. The van der Waals surface area contributed by atoms with Crippen molar-refractivity contribution in [3.63, 3.8) is 0 Å². The van der Waals surface area contributed by atoms with Gasteiger partial charge in [0, 0.05) is 16.8 Å². The van der Waals surface area contributed by atoms with E-state index < -0.39 is 28.9 Å². The minimum absolute atomic E-state index is 0.0386. The van der Waals surface area contributed by atoms with Crippen molar-refractivity contribution in [3.05, 3.63) is 113 Å². The van der Waals surface area contributed by atoms with E-state index in [2.05, 4.69) is 0 Å². The van der Waals surface area contributed by atoms with Crippen LogP contribution in [0.15, 0.2) is 96.3 Å². The van der Waals surface area contributed by atoms with Crippen molar-refractivity contribution in [1.82, 2.24) is 0 Å². The average molecular weight is 547 g/mol. The van der Waals surface area contributed by atoms with Gasteiger partial charge in [0.15, 0.2) is 0 Å². The molecule has 0 saturated carbocycles. The second-order valence-corrected chi connectivity index (χ2v) is 9.19. The van der Waals surface area contributed by atoms with Crippen LogP contribution in [0.4, 0.5) is 37.7 Å². The third-order valence-electron chi connectivity index (χ3n) is 6.43. The van der Waals surface area contributed by atoms with E-state index in [0.29, 0.717) is 0 Å². The molecule has 39 heavy (non-hydrogen) atoms. The predicted octanol–water partition coefficient (Wildman–Crippen LogP) is 8.42. The molecule has 1 aliphatic rings. The Morgan fingerprint density at radius 3 is 1.72 bits per heavy atom. The number of nitrogen functional groups attached to an aromatic ring is 2. The van der Waals surface area contributed by atoms with Crippen LogP contribution in [0.2, 0.25) is 0 Å². The summed E-state index contributed by atoms with van der Waals surface area (Å²) < 4.78 is 91.8. The highest BCUT2D eigenvalue weighted by atomic mass is 19.4. The maximum absolute atomic E-state index is 13.5. The summed E-state index contributed by atoms with van der Waals surface area (Å²) in [7, 11) is 0. The van der Waals surface area contributed by atoms with Crippen molar-refractivity contribution in [1.29, 1.82) is 0 Å². The maximum Gasteiger partial charge on any atom is 0.420 e. The summed E-state index contributed by atoms with van der Waals surface area (Å²) in [4.78, 5) is 0. The fraction of sp³-hybridized carbons (Fsp3) is 0.172. The monoisotopic (exact) mass is 546 g/mol. The lowest BCUT2D eigenvalue weighted by Crippen LogP contribution is -2.20. The Morgan fingerprint density at radius 1 is 0.692 bits per heavy atom. The zero-order chi connectivity index (χ0) is 28.6. The Morgan fingerprint density at radius 2 is 1.21 bits per heavy atom. The number of hydrogen-bond donors (Lipinski definition) is 2. The van der Waals surface area contributed by atoms with Crippen LogP contribution < -0.4 is 20.9 Å². The summed E-state index contributed by atoms with van der Waals surface area (Å²) in [6, 6.07) is 13.1. The molecule has 0 spiro atoms. The van der Waals surface area contributed by atoms with Crippen molar-refractivity contribution in [3.8, 4) is 17.2 Å². The number of alkyl halides is 6. The normalized spacial score (nSPS) is 17.7. The highest BCUT2D eigenvalue weighted by Crippen LogP contribution is 2.42. The molecule has 0 bridgehead atoms. The van der Waals surface area contributed by atoms with Gasteiger partial charge in [-0.1, -0.05) is 29.9 Å². The second-order valence-electron chi connectivity index (χ2n) is 9.19. The number of nitrogens with two attached hydrogens (primary N) is 2. The Balaban J connectivity index is 1.57. The van der Waals surface area contributed by atoms with E-state index in [9.17, 15) is 26.3 Å². The lowest BCUT2D eigenvalue weighted by molar-refractivity contribution is -0.139. The van der Waals surface area contributed by atoms with Crippen LogP contribution in [0.25, 0.3) is 0 Å². The molecule has 4 nitrogen and oxygen atoms in total. The molecule has 3 aromatic carbocycles. The Kier molecular flexibility index (Phi) is 7.16. The van der Waals surface area contributed by atoms with Gasteiger partial charge in [-0.25, -0.2) is 0 Å². The van der Waals surface area contributed by atoms with Crippen molar-refractivity contribution in [2.24, 2.45) is 0 Å². The third-order valence-corrected chi connectivity index (χ3v) is 6.43. The summed E-state index contributed by atoms with van der Waals surface area (Å²) >= 11 is 0. The molecule has 204 valence electrons. The molecule has 0 aliphatic heterocycles. The van der Waals surface area contributed by atoms with Gasteiger partial charge < -0.3 is 20.9 Å². The number of allylic oxidation sites excluding steroid dienone is 5. The molecule has 0 radical (unpaired) electrons. The molecule has 4 rings (SSSR count). The molecule has 1 aliphatic carbocycles. The largest absolute Gasteiger partial charge is 0.457 e.